The smallest absolute Gasteiger partial charge is 0.316 e. The summed E-state index contributed by atoms with van der Waals surface area (Å²) in [5, 5.41) is 0. The van der Waals surface area contributed by atoms with Crippen molar-refractivity contribution in [2.45, 2.75) is 38.4 Å². The minimum atomic E-state index is -0.410. The number of benzene rings is 1. The minimum absolute atomic E-state index is 0.0796. The molecule has 1 heterocycles. The minimum Gasteiger partial charge on any atom is -0.460 e. The van der Waals surface area contributed by atoms with Gasteiger partial charge in [-0.1, -0.05) is 36.9 Å². The van der Waals surface area contributed by atoms with Crippen LogP contribution < -0.4 is 0 Å². The molecule has 1 aromatic rings. The average molecular weight is 272 g/mol. The van der Waals surface area contributed by atoms with E-state index >= 15 is 0 Å². The second-order valence-electron chi connectivity index (χ2n) is 5.76. The van der Waals surface area contributed by atoms with Gasteiger partial charge in [-0.05, 0) is 36.8 Å². The molecule has 1 spiro atoms. The number of hydrogen-bond donors (Lipinski definition) is 0. The molecule has 1 aromatic carbocycles. The number of esters is 1. The molecular formula is C17H20O3. The van der Waals surface area contributed by atoms with Crippen molar-refractivity contribution in [2.24, 2.45) is 5.41 Å². The third-order valence-corrected chi connectivity index (χ3v) is 4.56. The first kappa shape index (κ1) is 13.4. The van der Waals surface area contributed by atoms with Gasteiger partial charge in [-0.3, -0.25) is 4.79 Å². The van der Waals surface area contributed by atoms with Crippen molar-refractivity contribution in [1.29, 1.82) is 0 Å². The molecular weight excluding hydrogens is 252 g/mol. The Balaban J connectivity index is 1.54. The molecule has 0 aromatic heterocycles. The SMILES string of the molecule is C=C1COC(=O)C12CCC(OCc1ccccc1)CC2. The fraction of sp³-hybridized carbons (Fsp3) is 0.471. The maximum Gasteiger partial charge on any atom is 0.316 e. The van der Waals surface area contributed by atoms with E-state index in [0.717, 1.165) is 31.3 Å². The number of cyclic esters (lactones) is 1. The van der Waals surface area contributed by atoms with Crippen molar-refractivity contribution >= 4 is 5.97 Å². The van der Waals surface area contributed by atoms with Gasteiger partial charge in [-0.2, -0.15) is 0 Å². The van der Waals surface area contributed by atoms with Gasteiger partial charge in [0.2, 0.25) is 0 Å². The molecule has 0 N–H and O–H groups in total. The van der Waals surface area contributed by atoms with Gasteiger partial charge in [0.1, 0.15) is 6.61 Å². The van der Waals surface area contributed by atoms with Crippen LogP contribution in [0, 0.1) is 5.41 Å². The van der Waals surface area contributed by atoms with Crippen molar-refractivity contribution < 1.29 is 14.3 Å². The number of rotatable bonds is 3. The Morgan fingerprint density at radius 3 is 2.55 bits per heavy atom. The summed E-state index contributed by atoms with van der Waals surface area (Å²) in [5.74, 6) is -0.0796. The van der Waals surface area contributed by atoms with Crippen LogP contribution in [0.1, 0.15) is 31.2 Å². The van der Waals surface area contributed by atoms with E-state index in [0.29, 0.717) is 13.2 Å². The monoisotopic (exact) mass is 272 g/mol. The Hall–Kier alpha value is -1.61. The van der Waals surface area contributed by atoms with E-state index in [1.54, 1.807) is 0 Å². The molecule has 3 heteroatoms. The molecule has 0 unspecified atom stereocenters. The normalized spacial score (nSPS) is 29.7. The number of hydrogen-bond acceptors (Lipinski definition) is 3. The van der Waals surface area contributed by atoms with E-state index < -0.39 is 5.41 Å². The molecule has 0 amide bonds. The summed E-state index contributed by atoms with van der Waals surface area (Å²) in [4.78, 5) is 11.9. The maximum absolute atomic E-state index is 11.9. The molecule has 2 fully saturated rings. The van der Waals surface area contributed by atoms with Gasteiger partial charge >= 0.3 is 5.97 Å². The highest BCUT2D eigenvalue weighted by Crippen LogP contribution is 2.47. The van der Waals surface area contributed by atoms with E-state index in [-0.39, 0.29) is 12.1 Å². The lowest BCUT2D eigenvalue weighted by Crippen LogP contribution is -2.35. The molecule has 1 aliphatic carbocycles. The first-order chi connectivity index (χ1) is 9.71. The van der Waals surface area contributed by atoms with Crippen molar-refractivity contribution in [1.82, 2.24) is 0 Å². The van der Waals surface area contributed by atoms with Crippen LogP contribution in [0.15, 0.2) is 42.5 Å². The summed E-state index contributed by atoms with van der Waals surface area (Å²) in [6.45, 7) is 5.05. The van der Waals surface area contributed by atoms with Crippen LogP contribution >= 0.6 is 0 Å². The zero-order valence-electron chi connectivity index (χ0n) is 11.6. The molecule has 3 rings (SSSR count). The summed E-state index contributed by atoms with van der Waals surface area (Å²) >= 11 is 0. The Bertz CT molecular complexity index is 480. The lowest BCUT2D eigenvalue weighted by Gasteiger charge is -2.34. The Kier molecular flexibility index (Phi) is 3.62. The highest BCUT2D eigenvalue weighted by molar-refractivity contribution is 5.83. The second kappa shape index (κ2) is 5.41. The molecule has 1 saturated heterocycles. The van der Waals surface area contributed by atoms with Crippen molar-refractivity contribution in [2.75, 3.05) is 6.61 Å². The lowest BCUT2D eigenvalue weighted by molar-refractivity contribution is -0.148. The van der Waals surface area contributed by atoms with Crippen LogP contribution in [0.2, 0.25) is 0 Å². The predicted molar refractivity (Wildman–Crippen MR) is 76.0 cm³/mol. The quantitative estimate of drug-likeness (QED) is 0.626. The average Bonchev–Trinajstić information content (AvgIpc) is 2.76. The van der Waals surface area contributed by atoms with Crippen LogP contribution in [-0.4, -0.2) is 18.7 Å². The summed E-state index contributed by atoms with van der Waals surface area (Å²) in [6.07, 6.45) is 3.66. The topological polar surface area (TPSA) is 35.5 Å². The van der Waals surface area contributed by atoms with Crippen LogP contribution in [0.4, 0.5) is 0 Å². The van der Waals surface area contributed by atoms with Gasteiger partial charge in [0.05, 0.1) is 18.1 Å². The summed E-state index contributed by atoms with van der Waals surface area (Å²) in [6, 6.07) is 10.2. The van der Waals surface area contributed by atoms with Crippen LogP contribution in [0.5, 0.6) is 0 Å². The molecule has 0 atom stereocenters. The highest BCUT2D eigenvalue weighted by atomic mass is 16.5. The third-order valence-electron chi connectivity index (χ3n) is 4.56. The highest BCUT2D eigenvalue weighted by Gasteiger charge is 2.49. The molecule has 2 aliphatic rings. The second-order valence-corrected chi connectivity index (χ2v) is 5.76. The third kappa shape index (κ3) is 2.38. The van der Waals surface area contributed by atoms with E-state index in [2.05, 4.69) is 18.7 Å². The van der Waals surface area contributed by atoms with E-state index in [4.69, 9.17) is 9.47 Å². The number of carbonyl (C=O) groups is 1. The molecule has 0 bridgehead atoms. The Labute approximate surface area is 119 Å². The van der Waals surface area contributed by atoms with Gasteiger partial charge < -0.3 is 9.47 Å². The Morgan fingerprint density at radius 1 is 1.25 bits per heavy atom. The molecule has 20 heavy (non-hydrogen) atoms. The van der Waals surface area contributed by atoms with Crippen LogP contribution in [-0.2, 0) is 20.9 Å². The predicted octanol–water partition coefficient (Wildman–Crippen LogP) is 3.25. The summed E-state index contributed by atoms with van der Waals surface area (Å²) in [7, 11) is 0. The molecule has 0 radical (unpaired) electrons. The van der Waals surface area contributed by atoms with Crippen LogP contribution in [0.3, 0.4) is 0 Å². The number of carbonyl (C=O) groups excluding carboxylic acids is 1. The van der Waals surface area contributed by atoms with Gasteiger partial charge in [-0.15, -0.1) is 0 Å². The van der Waals surface area contributed by atoms with Gasteiger partial charge in [0, 0.05) is 0 Å². The molecule has 1 aliphatic heterocycles. The fourth-order valence-electron chi connectivity index (χ4n) is 3.17. The van der Waals surface area contributed by atoms with Gasteiger partial charge in [0.15, 0.2) is 0 Å². The first-order valence-corrected chi connectivity index (χ1v) is 7.22. The van der Waals surface area contributed by atoms with E-state index in [1.807, 2.05) is 18.2 Å². The molecule has 3 nitrogen and oxygen atoms in total. The van der Waals surface area contributed by atoms with E-state index in [9.17, 15) is 4.79 Å². The zero-order chi connectivity index (χ0) is 14.0. The van der Waals surface area contributed by atoms with Gasteiger partial charge in [-0.25, -0.2) is 0 Å². The van der Waals surface area contributed by atoms with Crippen molar-refractivity contribution in [3.8, 4) is 0 Å². The standard InChI is InChI=1S/C17H20O3/c1-13-11-20-16(18)17(13)9-7-15(8-10-17)19-12-14-5-3-2-4-6-14/h2-6,15H,1,7-12H2. The summed E-state index contributed by atoms with van der Waals surface area (Å²) in [5.41, 5.74) is 1.73. The van der Waals surface area contributed by atoms with Crippen molar-refractivity contribution in [3.63, 3.8) is 0 Å². The molecule has 1 saturated carbocycles. The maximum atomic E-state index is 11.9. The van der Waals surface area contributed by atoms with E-state index in [1.165, 1.54) is 5.56 Å². The fourth-order valence-corrected chi connectivity index (χ4v) is 3.17. The van der Waals surface area contributed by atoms with Crippen LogP contribution in [0.25, 0.3) is 0 Å². The largest absolute Gasteiger partial charge is 0.460 e. The Morgan fingerprint density at radius 2 is 1.95 bits per heavy atom. The lowest BCUT2D eigenvalue weighted by atomic mass is 9.70. The number of ether oxygens (including phenoxy) is 2. The van der Waals surface area contributed by atoms with Crippen molar-refractivity contribution in [3.05, 3.63) is 48.0 Å². The van der Waals surface area contributed by atoms with Gasteiger partial charge in [0.25, 0.3) is 0 Å². The first-order valence-electron chi connectivity index (χ1n) is 7.22. The summed E-state index contributed by atoms with van der Waals surface area (Å²) < 4.78 is 11.1. The zero-order valence-corrected chi connectivity index (χ0v) is 11.6. The molecule has 106 valence electrons.